The number of ether oxygens (including phenoxy) is 1. The number of aromatic carboxylic acids is 1. The third-order valence-electron chi connectivity index (χ3n) is 4.30. The number of nitrogens with one attached hydrogen (secondary N) is 3. The lowest BCUT2D eigenvalue weighted by Gasteiger charge is -1.99. The van der Waals surface area contributed by atoms with E-state index in [1.807, 2.05) is 24.4 Å². The highest BCUT2D eigenvalue weighted by Gasteiger charge is 2.03. The summed E-state index contributed by atoms with van der Waals surface area (Å²) in [6.07, 6.45) is 9.88. The monoisotopic (exact) mass is 456 g/mol. The maximum Gasteiger partial charge on any atom is 0.365 e. The number of carbonyl (C=O) groups is 1. The third-order valence-corrected chi connectivity index (χ3v) is 4.30. The van der Waals surface area contributed by atoms with Gasteiger partial charge >= 0.3 is 5.96 Å². The van der Waals surface area contributed by atoms with Crippen molar-refractivity contribution in [2.45, 2.75) is 26.2 Å². The van der Waals surface area contributed by atoms with Crippen molar-refractivity contribution >= 4 is 29.0 Å². The number of hydrogen-bond donors (Lipinski definition) is 5. The van der Waals surface area contributed by atoms with E-state index in [0.29, 0.717) is 5.96 Å². The van der Waals surface area contributed by atoms with E-state index >= 15 is 0 Å². The van der Waals surface area contributed by atoms with Crippen molar-refractivity contribution in [2.75, 3.05) is 20.8 Å². The number of carboxylic acids is 1. The van der Waals surface area contributed by atoms with Crippen LogP contribution in [-0.2, 0) is 0 Å². The largest absolute Gasteiger partial charge is 0.545 e. The number of fused-ring (bicyclic) bond motifs is 1. The van der Waals surface area contributed by atoms with E-state index in [2.05, 4.69) is 32.4 Å². The van der Waals surface area contributed by atoms with Crippen LogP contribution in [-0.4, -0.2) is 54.0 Å². The van der Waals surface area contributed by atoms with Gasteiger partial charge in [-0.25, -0.2) is 0 Å². The van der Waals surface area contributed by atoms with Gasteiger partial charge in [0.15, 0.2) is 0 Å². The van der Waals surface area contributed by atoms with Gasteiger partial charge in [-0.3, -0.25) is 15.7 Å². The maximum absolute atomic E-state index is 10.0. The fraction of sp³-hybridized carbons (Fsp3) is 0.304. The summed E-state index contributed by atoms with van der Waals surface area (Å²) in [7, 11) is 2.66. The number of hydrogen-bond acceptors (Lipinski definition) is 6. The first-order valence-electron chi connectivity index (χ1n) is 10.4. The van der Waals surface area contributed by atoms with Crippen molar-refractivity contribution in [1.82, 2.24) is 15.4 Å². The number of pyridine rings is 1. The van der Waals surface area contributed by atoms with Crippen molar-refractivity contribution in [3.8, 4) is 5.75 Å². The molecule has 0 amide bonds. The number of methoxy groups -OCH3 is 1. The molecule has 10 heteroatoms. The third kappa shape index (κ3) is 9.83. The van der Waals surface area contributed by atoms with Crippen molar-refractivity contribution < 1.29 is 24.7 Å². The van der Waals surface area contributed by atoms with Gasteiger partial charge in [0.25, 0.3) is 0 Å². The molecule has 0 fully saturated rings. The quantitative estimate of drug-likeness (QED) is 0.135. The number of unbranched alkanes of at least 4 members (excludes halogenated alkanes) is 2. The summed E-state index contributed by atoms with van der Waals surface area (Å²) in [5.41, 5.74) is 10.7. The Morgan fingerprint density at radius 1 is 1.36 bits per heavy atom. The number of aliphatic hydroxyl groups is 1. The van der Waals surface area contributed by atoms with Crippen LogP contribution in [0.15, 0.2) is 54.0 Å². The van der Waals surface area contributed by atoms with Gasteiger partial charge in [-0.1, -0.05) is 25.8 Å². The normalized spacial score (nSPS) is 10.7. The molecule has 6 N–H and O–H groups in total. The fourth-order valence-electron chi connectivity index (χ4n) is 2.65. The molecule has 33 heavy (non-hydrogen) atoms. The zero-order valence-electron chi connectivity index (χ0n) is 19.2. The predicted molar refractivity (Wildman–Crippen MR) is 127 cm³/mol. The summed E-state index contributed by atoms with van der Waals surface area (Å²) in [6, 6.07) is 8.86. The zero-order valence-corrected chi connectivity index (χ0v) is 19.2. The Morgan fingerprint density at radius 3 is 2.76 bits per heavy atom. The van der Waals surface area contributed by atoms with E-state index in [-0.39, 0.29) is 5.56 Å². The second kappa shape index (κ2) is 15.8. The van der Waals surface area contributed by atoms with E-state index in [1.165, 1.54) is 31.3 Å². The van der Waals surface area contributed by atoms with E-state index in [9.17, 15) is 9.90 Å². The summed E-state index contributed by atoms with van der Waals surface area (Å²) in [5.74, 6) is 0.0891. The molecule has 3 rings (SSSR count). The first-order valence-corrected chi connectivity index (χ1v) is 10.4. The summed E-state index contributed by atoms with van der Waals surface area (Å²) in [6.45, 7) is 3.03. The van der Waals surface area contributed by atoms with Crippen LogP contribution in [0.5, 0.6) is 5.75 Å². The van der Waals surface area contributed by atoms with E-state index < -0.39 is 5.97 Å². The molecule has 3 aromatic rings. The van der Waals surface area contributed by atoms with Gasteiger partial charge in [0, 0.05) is 47.7 Å². The number of H-pyrrole nitrogens is 1. The average Bonchev–Trinajstić information content (AvgIpc) is 3.26. The molecule has 10 nitrogen and oxygen atoms in total. The SMILES string of the molecule is CCCCC[NH+]=C(N)N/N=C/c1c[nH]c2ccc(OC)cc12.CO.O=C([O-])c1cccnc1. The summed E-state index contributed by atoms with van der Waals surface area (Å²) in [5, 5.41) is 22.3. The van der Waals surface area contributed by atoms with Crippen molar-refractivity contribution in [3.63, 3.8) is 0 Å². The number of aromatic amines is 1. The summed E-state index contributed by atoms with van der Waals surface area (Å²) < 4.78 is 5.25. The Morgan fingerprint density at radius 2 is 2.15 bits per heavy atom. The van der Waals surface area contributed by atoms with Gasteiger partial charge in [0.1, 0.15) is 5.75 Å². The number of guanidine groups is 1. The second-order valence-electron chi connectivity index (χ2n) is 6.60. The van der Waals surface area contributed by atoms with Gasteiger partial charge < -0.3 is 24.7 Å². The lowest BCUT2D eigenvalue weighted by molar-refractivity contribution is -0.461. The molecule has 0 spiro atoms. The lowest BCUT2D eigenvalue weighted by atomic mass is 10.2. The van der Waals surface area contributed by atoms with E-state index in [4.69, 9.17) is 15.6 Å². The molecular formula is C23H32N6O4. The van der Waals surface area contributed by atoms with Crippen LogP contribution in [0.25, 0.3) is 10.9 Å². The molecule has 2 heterocycles. The van der Waals surface area contributed by atoms with Crippen LogP contribution < -0.4 is 26.0 Å². The highest BCUT2D eigenvalue weighted by atomic mass is 16.5. The standard InChI is InChI=1S/C16H23N5O.C6H5NO2.CH4O/c1-3-4-5-8-18-16(17)21-20-11-12-10-19-15-7-6-13(22-2)9-14(12)15;8-6(9)5-2-1-3-7-4-5;1-2/h6-7,9-11,19H,3-5,8H2,1-2H3,(H3,17,18,21);1-4H,(H,8,9);2H,1H3/b20-11+;;. The smallest absolute Gasteiger partial charge is 0.365 e. The summed E-state index contributed by atoms with van der Waals surface area (Å²) >= 11 is 0. The van der Waals surface area contributed by atoms with Gasteiger partial charge in [0.2, 0.25) is 0 Å². The van der Waals surface area contributed by atoms with Crippen LogP contribution in [0.4, 0.5) is 0 Å². The minimum atomic E-state index is -1.19. The Balaban J connectivity index is 0.000000412. The first kappa shape index (κ1) is 27.1. The van der Waals surface area contributed by atoms with Gasteiger partial charge in [-0.15, -0.1) is 5.10 Å². The van der Waals surface area contributed by atoms with Gasteiger partial charge in [0.05, 0.1) is 25.8 Å². The molecule has 178 valence electrons. The summed E-state index contributed by atoms with van der Waals surface area (Å²) in [4.78, 5) is 19.9. The molecule has 2 aromatic heterocycles. The molecule has 0 atom stereocenters. The highest BCUT2D eigenvalue weighted by Crippen LogP contribution is 2.22. The topological polar surface area (TPSA) is 163 Å². The second-order valence-corrected chi connectivity index (χ2v) is 6.60. The Bertz CT molecular complexity index is 1020. The van der Waals surface area contributed by atoms with Crippen LogP contribution in [0.2, 0.25) is 0 Å². The molecule has 0 saturated heterocycles. The maximum atomic E-state index is 10.0. The molecule has 1 aromatic carbocycles. The Hall–Kier alpha value is -3.92. The number of rotatable bonds is 8. The molecule has 0 aliphatic carbocycles. The van der Waals surface area contributed by atoms with Crippen LogP contribution in [0, 0.1) is 0 Å². The van der Waals surface area contributed by atoms with Crippen molar-refractivity contribution in [3.05, 3.63) is 60.0 Å². The number of hydrazone groups is 1. The van der Waals surface area contributed by atoms with Crippen LogP contribution in [0.3, 0.4) is 0 Å². The van der Waals surface area contributed by atoms with E-state index in [0.717, 1.165) is 42.3 Å². The van der Waals surface area contributed by atoms with Crippen LogP contribution >= 0.6 is 0 Å². The molecule has 0 radical (unpaired) electrons. The average molecular weight is 457 g/mol. The number of carboxylic acid groups (broad SMARTS) is 1. The number of nitrogens with two attached hydrogens (primary N) is 1. The molecule has 0 bridgehead atoms. The lowest BCUT2D eigenvalue weighted by Crippen LogP contribution is -2.78. The molecule has 0 aliphatic heterocycles. The van der Waals surface area contributed by atoms with Crippen LogP contribution in [0.1, 0.15) is 42.1 Å². The number of nitrogens with zero attached hydrogens (tertiary/aromatic N) is 2. The molecule has 0 aliphatic rings. The zero-order chi connectivity index (χ0) is 24.5. The number of aliphatic hydroxyl groups excluding tert-OH is 1. The fourth-order valence-corrected chi connectivity index (χ4v) is 2.65. The predicted octanol–water partition coefficient (Wildman–Crippen LogP) is -0.261. The number of carbonyl (C=O) groups excluding carboxylic acids is 1. The van der Waals surface area contributed by atoms with E-state index in [1.54, 1.807) is 19.4 Å². The minimum absolute atomic E-state index is 0.109. The molecule has 0 unspecified atom stereocenters. The first-order chi connectivity index (χ1) is 16.0. The molecular weight excluding hydrogens is 424 g/mol. The van der Waals surface area contributed by atoms with Gasteiger partial charge in [-0.05, 0) is 30.7 Å². The van der Waals surface area contributed by atoms with Gasteiger partial charge in [-0.2, -0.15) is 5.43 Å². The Kier molecular flexibility index (Phi) is 13.0. The number of benzene rings is 1. The minimum Gasteiger partial charge on any atom is -0.545 e. The Labute approximate surface area is 193 Å². The van der Waals surface area contributed by atoms with Crippen molar-refractivity contribution in [1.29, 1.82) is 0 Å². The van der Waals surface area contributed by atoms with Crippen molar-refractivity contribution in [2.24, 2.45) is 10.8 Å². The molecule has 0 saturated carbocycles. The highest BCUT2D eigenvalue weighted by molar-refractivity contribution is 5.99. The number of aromatic nitrogens is 2.